The quantitative estimate of drug-likeness (QED) is 0.844. The molecule has 1 amide bonds. The molecule has 2 aliphatic heterocycles. The van der Waals surface area contributed by atoms with Crippen molar-refractivity contribution in [1.82, 2.24) is 9.80 Å². The Morgan fingerprint density at radius 2 is 2.24 bits per heavy atom. The van der Waals surface area contributed by atoms with Crippen molar-refractivity contribution >= 4 is 23.7 Å². The lowest BCUT2D eigenvalue weighted by Crippen LogP contribution is -2.43. The molecule has 1 atom stereocenters. The largest absolute Gasteiger partial charge is 0.483 e. The SMILES string of the molecule is CN1CC(CN2CCc3sccc3C2)CCC1=O.O=CO. The maximum atomic E-state index is 11.5. The van der Waals surface area contributed by atoms with Crippen molar-refractivity contribution in [1.29, 1.82) is 0 Å². The zero-order valence-corrected chi connectivity index (χ0v) is 13.1. The molecule has 1 N–H and O–H groups in total. The summed E-state index contributed by atoms with van der Waals surface area (Å²) in [6.45, 7) is 4.12. The van der Waals surface area contributed by atoms with E-state index in [2.05, 4.69) is 16.3 Å². The van der Waals surface area contributed by atoms with Gasteiger partial charge in [0.05, 0.1) is 0 Å². The molecule has 6 heteroatoms. The number of carbonyl (C=O) groups excluding carboxylic acids is 1. The van der Waals surface area contributed by atoms with Crippen LogP contribution in [0.2, 0.25) is 0 Å². The van der Waals surface area contributed by atoms with Crippen molar-refractivity contribution in [3.05, 3.63) is 21.9 Å². The second-order valence-corrected chi connectivity index (χ2v) is 6.64. The summed E-state index contributed by atoms with van der Waals surface area (Å²) in [5.41, 5.74) is 1.52. The van der Waals surface area contributed by atoms with Crippen LogP contribution in [0.5, 0.6) is 0 Å². The summed E-state index contributed by atoms with van der Waals surface area (Å²) in [4.78, 5) is 25.9. The average Bonchev–Trinajstić information content (AvgIpc) is 2.91. The van der Waals surface area contributed by atoms with Gasteiger partial charge in [0, 0.05) is 44.5 Å². The van der Waals surface area contributed by atoms with Crippen molar-refractivity contribution < 1.29 is 14.7 Å². The van der Waals surface area contributed by atoms with Gasteiger partial charge in [-0.1, -0.05) is 0 Å². The predicted octanol–water partition coefficient (Wildman–Crippen LogP) is 1.68. The third-order valence-corrected chi connectivity index (χ3v) is 5.15. The van der Waals surface area contributed by atoms with Crippen molar-refractivity contribution in [2.75, 3.05) is 26.7 Å². The van der Waals surface area contributed by atoms with Crippen LogP contribution in [0.15, 0.2) is 11.4 Å². The molecule has 0 aromatic carbocycles. The number of fused-ring (bicyclic) bond motifs is 1. The van der Waals surface area contributed by atoms with Crippen LogP contribution in [-0.2, 0) is 22.6 Å². The Hall–Kier alpha value is -1.40. The summed E-state index contributed by atoms with van der Waals surface area (Å²) in [6, 6.07) is 2.27. The Labute approximate surface area is 129 Å². The minimum Gasteiger partial charge on any atom is -0.483 e. The van der Waals surface area contributed by atoms with Gasteiger partial charge in [0.2, 0.25) is 5.91 Å². The first-order chi connectivity index (χ1) is 10.1. The monoisotopic (exact) mass is 310 g/mol. The number of hydrogen-bond acceptors (Lipinski definition) is 4. The molecule has 1 aromatic rings. The Bertz CT molecular complexity index is 489. The van der Waals surface area contributed by atoms with E-state index in [1.165, 1.54) is 18.5 Å². The molecule has 1 aromatic heterocycles. The topological polar surface area (TPSA) is 60.9 Å². The second-order valence-electron chi connectivity index (χ2n) is 5.64. The highest BCUT2D eigenvalue weighted by Gasteiger charge is 2.26. The van der Waals surface area contributed by atoms with E-state index in [0.29, 0.717) is 11.8 Å². The molecule has 0 aliphatic carbocycles. The number of hydrogen-bond donors (Lipinski definition) is 1. The van der Waals surface area contributed by atoms with Crippen LogP contribution < -0.4 is 0 Å². The maximum absolute atomic E-state index is 11.5. The van der Waals surface area contributed by atoms with Gasteiger partial charge in [0.25, 0.3) is 6.47 Å². The van der Waals surface area contributed by atoms with E-state index in [0.717, 1.165) is 32.5 Å². The fourth-order valence-electron chi connectivity index (χ4n) is 3.08. The number of thiophene rings is 1. The highest BCUT2D eigenvalue weighted by atomic mass is 32.1. The van der Waals surface area contributed by atoms with Crippen molar-refractivity contribution in [2.24, 2.45) is 5.92 Å². The molecule has 1 unspecified atom stereocenters. The second kappa shape index (κ2) is 7.56. The molecule has 0 bridgehead atoms. The summed E-state index contributed by atoms with van der Waals surface area (Å²) < 4.78 is 0. The predicted molar refractivity (Wildman–Crippen MR) is 82.4 cm³/mol. The number of carbonyl (C=O) groups is 2. The number of rotatable bonds is 2. The van der Waals surface area contributed by atoms with Gasteiger partial charge in [0.15, 0.2) is 0 Å². The molecule has 1 saturated heterocycles. The minimum atomic E-state index is -0.250. The van der Waals surface area contributed by atoms with Gasteiger partial charge in [-0.2, -0.15) is 0 Å². The highest BCUT2D eigenvalue weighted by Crippen LogP contribution is 2.26. The lowest BCUT2D eigenvalue weighted by Gasteiger charge is -2.35. The Kier molecular flexibility index (Phi) is 5.76. The lowest BCUT2D eigenvalue weighted by molar-refractivity contribution is -0.133. The van der Waals surface area contributed by atoms with Crippen LogP contribution in [0.25, 0.3) is 0 Å². The number of carboxylic acid groups (broad SMARTS) is 1. The molecular weight excluding hydrogens is 288 g/mol. The van der Waals surface area contributed by atoms with Gasteiger partial charge < -0.3 is 10.0 Å². The zero-order valence-electron chi connectivity index (χ0n) is 12.3. The summed E-state index contributed by atoms with van der Waals surface area (Å²) in [7, 11) is 1.93. The molecule has 0 radical (unpaired) electrons. The molecule has 3 rings (SSSR count). The molecular formula is C15H22N2O3S. The van der Waals surface area contributed by atoms with Crippen LogP contribution in [0, 0.1) is 5.92 Å². The van der Waals surface area contributed by atoms with Crippen LogP contribution >= 0.6 is 11.3 Å². The molecule has 2 aliphatic rings. The first-order valence-electron chi connectivity index (χ1n) is 7.23. The number of piperidine rings is 1. The smallest absolute Gasteiger partial charge is 0.290 e. The third kappa shape index (κ3) is 4.28. The first kappa shape index (κ1) is 16.0. The van der Waals surface area contributed by atoms with E-state index < -0.39 is 0 Å². The molecule has 0 saturated carbocycles. The standard InChI is InChI=1S/C14H20N2OS.CH2O2/c1-15-8-11(2-3-14(15)17)9-16-6-4-13-12(10-16)5-7-18-13;2-1-3/h5,7,11H,2-4,6,8-10H2,1H3;1H,(H,2,3). The van der Waals surface area contributed by atoms with Gasteiger partial charge in [-0.15, -0.1) is 11.3 Å². The van der Waals surface area contributed by atoms with E-state index >= 15 is 0 Å². The average molecular weight is 310 g/mol. The summed E-state index contributed by atoms with van der Waals surface area (Å²) >= 11 is 1.89. The van der Waals surface area contributed by atoms with Crippen molar-refractivity contribution in [2.45, 2.75) is 25.8 Å². The molecule has 3 heterocycles. The summed E-state index contributed by atoms with van der Waals surface area (Å²) in [5, 5.41) is 9.10. The van der Waals surface area contributed by atoms with Gasteiger partial charge in [-0.05, 0) is 35.8 Å². The third-order valence-electron chi connectivity index (χ3n) is 4.13. The number of likely N-dealkylation sites (tertiary alicyclic amines) is 1. The Balaban J connectivity index is 0.000000497. The van der Waals surface area contributed by atoms with E-state index in [4.69, 9.17) is 9.90 Å². The Morgan fingerprint density at radius 1 is 1.48 bits per heavy atom. The zero-order chi connectivity index (χ0) is 15.2. The number of nitrogens with zero attached hydrogens (tertiary/aromatic N) is 2. The fraction of sp³-hybridized carbons (Fsp3) is 0.600. The highest BCUT2D eigenvalue weighted by molar-refractivity contribution is 7.10. The molecule has 21 heavy (non-hydrogen) atoms. The molecule has 5 nitrogen and oxygen atoms in total. The van der Waals surface area contributed by atoms with Crippen molar-refractivity contribution in [3.63, 3.8) is 0 Å². The van der Waals surface area contributed by atoms with Crippen LogP contribution in [0.1, 0.15) is 23.3 Å². The number of amides is 1. The van der Waals surface area contributed by atoms with Gasteiger partial charge >= 0.3 is 0 Å². The summed E-state index contributed by atoms with van der Waals surface area (Å²) in [6.07, 6.45) is 3.00. The van der Waals surface area contributed by atoms with E-state index in [9.17, 15) is 4.79 Å². The minimum absolute atomic E-state index is 0.250. The Morgan fingerprint density at radius 3 is 2.95 bits per heavy atom. The molecule has 0 spiro atoms. The summed E-state index contributed by atoms with van der Waals surface area (Å²) in [5.74, 6) is 0.970. The first-order valence-corrected chi connectivity index (χ1v) is 8.11. The molecule has 1 fully saturated rings. The van der Waals surface area contributed by atoms with Gasteiger partial charge in [-0.3, -0.25) is 14.5 Å². The normalized spacial score (nSPS) is 22.2. The van der Waals surface area contributed by atoms with Crippen molar-refractivity contribution in [3.8, 4) is 0 Å². The van der Waals surface area contributed by atoms with E-state index in [1.54, 1.807) is 4.88 Å². The van der Waals surface area contributed by atoms with E-state index in [1.807, 2.05) is 23.3 Å². The van der Waals surface area contributed by atoms with Gasteiger partial charge in [0.1, 0.15) is 0 Å². The fourth-order valence-corrected chi connectivity index (χ4v) is 3.97. The van der Waals surface area contributed by atoms with Gasteiger partial charge in [-0.25, -0.2) is 0 Å². The molecule has 116 valence electrons. The van der Waals surface area contributed by atoms with Crippen LogP contribution in [0.4, 0.5) is 0 Å². The lowest BCUT2D eigenvalue weighted by atomic mass is 9.96. The van der Waals surface area contributed by atoms with Crippen LogP contribution in [-0.4, -0.2) is 54.0 Å². The maximum Gasteiger partial charge on any atom is 0.290 e. The van der Waals surface area contributed by atoms with E-state index in [-0.39, 0.29) is 6.47 Å². The van der Waals surface area contributed by atoms with Crippen LogP contribution in [0.3, 0.4) is 0 Å².